The highest BCUT2D eigenvalue weighted by molar-refractivity contribution is 5.95. The van der Waals surface area contributed by atoms with Crippen LogP contribution in [0.1, 0.15) is 23.2 Å². The van der Waals surface area contributed by atoms with Gasteiger partial charge in [0.2, 0.25) is 5.82 Å². The van der Waals surface area contributed by atoms with Crippen molar-refractivity contribution in [1.82, 2.24) is 10.2 Å². The van der Waals surface area contributed by atoms with E-state index in [2.05, 4.69) is 5.32 Å². The minimum absolute atomic E-state index is 0.244. The first-order valence-corrected chi connectivity index (χ1v) is 6.40. The molecule has 0 aliphatic carbocycles. The van der Waals surface area contributed by atoms with E-state index in [1.165, 1.54) is 0 Å². The number of nitro groups is 1. The fourth-order valence-electron chi connectivity index (χ4n) is 1.73. The molecule has 0 bridgehead atoms. The standard InChI is InChI=1S/C13H17F2N3O3/c1-17(2)8-4-3-7-16-13(19)11-9(14)5-6-10(12(11)15)18(20)21/h5-6H,3-4,7-8H2,1-2H3,(H,16,19). The third-order valence-electron chi connectivity index (χ3n) is 2.81. The molecule has 21 heavy (non-hydrogen) atoms. The number of carbonyl (C=O) groups excluding carboxylic acids is 1. The molecular weight excluding hydrogens is 284 g/mol. The molecule has 0 unspecified atom stereocenters. The summed E-state index contributed by atoms with van der Waals surface area (Å²) in [5.74, 6) is -3.56. The average Bonchev–Trinajstić information content (AvgIpc) is 2.37. The summed E-state index contributed by atoms with van der Waals surface area (Å²) >= 11 is 0. The average molecular weight is 301 g/mol. The summed E-state index contributed by atoms with van der Waals surface area (Å²) in [4.78, 5) is 23.3. The predicted octanol–water partition coefficient (Wildman–Crippen LogP) is 1.94. The number of hydrogen-bond donors (Lipinski definition) is 1. The molecule has 0 aliphatic rings. The molecule has 1 amide bonds. The van der Waals surface area contributed by atoms with Crippen LogP contribution in [0.5, 0.6) is 0 Å². The quantitative estimate of drug-likeness (QED) is 0.474. The number of nitrogens with zero attached hydrogens (tertiary/aromatic N) is 2. The number of amides is 1. The summed E-state index contributed by atoms with van der Waals surface area (Å²) < 4.78 is 27.3. The maximum absolute atomic E-state index is 13.8. The minimum atomic E-state index is -1.45. The zero-order chi connectivity index (χ0) is 16.0. The van der Waals surface area contributed by atoms with Gasteiger partial charge < -0.3 is 10.2 Å². The SMILES string of the molecule is CN(C)CCCCNC(=O)c1c(F)ccc([N+](=O)[O-])c1F. The Hall–Kier alpha value is -2.09. The van der Waals surface area contributed by atoms with Crippen molar-refractivity contribution in [3.05, 3.63) is 39.4 Å². The first-order chi connectivity index (χ1) is 9.84. The molecule has 0 aromatic heterocycles. The zero-order valence-electron chi connectivity index (χ0n) is 11.9. The van der Waals surface area contributed by atoms with Crippen LogP contribution in [0.2, 0.25) is 0 Å². The Morgan fingerprint density at radius 2 is 2.00 bits per heavy atom. The van der Waals surface area contributed by atoms with Gasteiger partial charge in [-0.3, -0.25) is 14.9 Å². The summed E-state index contributed by atoms with van der Waals surface area (Å²) in [6.07, 6.45) is 1.45. The fraction of sp³-hybridized carbons (Fsp3) is 0.462. The van der Waals surface area contributed by atoms with Crippen molar-refractivity contribution < 1.29 is 18.5 Å². The lowest BCUT2D eigenvalue weighted by molar-refractivity contribution is -0.387. The second-order valence-electron chi connectivity index (χ2n) is 4.78. The number of hydrogen-bond acceptors (Lipinski definition) is 4. The molecule has 0 aliphatic heterocycles. The first kappa shape index (κ1) is 17.0. The van der Waals surface area contributed by atoms with Crippen LogP contribution < -0.4 is 5.32 Å². The monoisotopic (exact) mass is 301 g/mol. The van der Waals surface area contributed by atoms with Gasteiger partial charge >= 0.3 is 5.69 Å². The molecule has 1 aromatic carbocycles. The summed E-state index contributed by atoms with van der Waals surface area (Å²) in [6.45, 7) is 1.07. The van der Waals surface area contributed by atoms with Crippen molar-refractivity contribution in [2.45, 2.75) is 12.8 Å². The highest BCUT2D eigenvalue weighted by atomic mass is 19.1. The van der Waals surface area contributed by atoms with Crippen LogP contribution in [0, 0.1) is 21.7 Å². The normalized spacial score (nSPS) is 10.7. The van der Waals surface area contributed by atoms with E-state index in [0.717, 1.165) is 13.0 Å². The van der Waals surface area contributed by atoms with Gasteiger partial charge in [0.25, 0.3) is 5.91 Å². The van der Waals surface area contributed by atoms with Gasteiger partial charge in [-0.1, -0.05) is 0 Å². The second kappa shape index (κ2) is 7.63. The van der Waals surface area contributed by atoms with Crippen LogP contribution in [-0.2, 0) is 0 Å². The first-order valence-electron chi connectivity index (χ1n) is 6.40. The highest BCUT2D eigenvalue weighted by Crippen LogP contribution is 2.22. The molecule has 0 atom stereocenters. The lowest BCUT2D eigenvalue weighted by atomic mass is 10.1. The van der Waals surface area contributed by atoms with Gasteiger partial charge in [-0.2, -0.15) is 4.39 Å². The van der Waals surface area contributed by atoms with Gasteiger partial charge in [0.05, 0.1) is 4.92 Å². The van der Waals surface area contributed by atoms with Crippen molar-refractivity contribution in [2.24, 2.45) is 0 Å². The molecule has 0 spiro atoms. The molecule has 6 nitrogen and oxygen atoms in total. The topological polar surface area (TPSA) is 75.5 Å². The molecule has 8 heteroatoms. The number of nitro benzene ring substituents is 1. The lowest BCUT2D eigenvalue weighted by Gasteiger charge is -2.10. The third kappa shape index (κ3) is 4.75. The van der Waals surface area contributed by atoms with E-state index in [4.69, 9.17) is 0 Å². The Morgan fingerprint density at radius 1 is 1.33 bits per heavy atom. The molecule has 116 valence electrons. The van der Waals surface area contributed by atoms with Crippen molar-refractivity contribution in [3.63, 3.8) is 0 Å². The number of benzene rings is 1. The van der Waals surface area contributed by atoms with E-state index in [0.29, 0.717) is 18.6 Å². The van der Waals surface area contributed by atoms with Crippen molar-refractivity contribution in [3.8, 4) is 0 Å². The minimum Gasteiger partial charge on any atom is -0.352 e. The Labute approximate surface area is 120 Å². The largest absolute Gasteiger partial charge is 0.352 e. The summed E-state index contributed by atoms with van der Waals surface area (Å²) in [5, 5.41) is 12.9. The Bertz CT molecular complexity index is 536. The molecule has 0 heterocycles. The van der Waals surface area contributed by atoms with E-state index in [1.807, 2.05) is 19.0 Å². The summed E-state index contributed by atoms with van der Waals surface area (Å²) in [7, 11) is 3.82. The van der Waals surface area contributed by atoms with Gasteiger partial charge in [-0.15, -0.1) is 0 Å². The van der Waals surface area contributed by atoms with E-state index in [-0.39, 0.29) is 6.54 Å². The molecule has 0 saturated carbocycles. The van der Waals surface area contributed by atoms with E-state index >= 15 is 0 Å². The number of rotatable bonds is 7. The van der Waals surface area contributed by atoms with Crippen LogP contribution in [0.15, 0.2) is 12.1 Å². The Morgan fingerprint density at radius 3 is 2.57 bits per heavy atom. The van der Waals surface area contributed by atoms with Crippen LogP contribution in [0.25, 0.3) is 0 Å². The number of unbranched alkanes of at least 4 members (excludes halogenated alkanes) is 1. The zero-order valence-corrected chi connectivity index (χ0v) is 11.9. The number of carbonyl (C=O) groups is 1. The molecule has 0 fully saturated rings. The number of nitrogens with one attached hydrogen (secondary N) is 1. The molecule has 1 rings (SSSR count). The van der Waals surface area contributed by atoms with Gasteiger partial charge in [0.1, 0.15) is 11.4 Å². The van der Waals surface area contributed by atoms with Crippen molar-refractivity contribution in [1.29, 1.82) is 0 Å². The van der Waals surface area contributed by atoms with Gasteiger partial charge in [0, 0.05) is 12.6 Å². The molecule has 0 radical (unpaired) electrons. The molecule has 1 N–H and O–H groups in total. The second-order valence-corrected chi connectivity index (χ2v) is 4.78. The van der Waals surface area contributed by atoms with Gasteiger partial charge in [-0.05, 0) is 39.5 Å². The van der Waals surface area contributed by atoms with Crippen LogP contribution in [0.3, 0.4) is 0 Å². The predicted molar refractivity (Wildman–Crippen MR) is 73.1 cm³/mol. The molecular formula is C13H17F2N3O3. The lowest BCUT2D eigenvalue weighted by Crippen LogP contribution is -2.27. The van der Waals surface area contributed by atoms with E-state index < -0.39 is 33.7 Å². The van der Waals surface area contributed by atoms with Crippen LogP contribution in [0.4, 0.5) is 14.5 Å². The third-order valence-corrected chi connectivity index (χ3v) is 2.81. The van der Waals surface area contributed by atoms with Crippen molar-refractivity contribution in [2.75, 3.05) is 27.2 Å². The Kier molecular flexibility index (Phi) is 6.16. The van der Waals surface area contributed by atoms with E-state index in [1.54, 1.807) is 0 Å². The molecule has 1 aromatic rings. The summed E-state index contributed by atoms with van der Waals surface area (Å²) in [5.41, 5.74) is -1.84. The Balaban J connectivity index is 2.70. The molecule has 0 saturated heterocycles. The fourth-order valence-corrected chi connectivity index (χ4v) is 1.73. The maximum Gasteiger partial charge on any atom is 0.305 e. The van der Waals surface area contributed by atoms with E-state index in [9.17, 15) is 23.7 Å². The van der Waals surface area contributed by atoms with Crippen molar-refractivity contribution >= 4 is 11.6 Å². The smallest absolute Gasteiger partial charge is 0.305 e. The summed E-state index contributed by atoms with van der Waals surface area (Å²) in [6, 6.07) is 1.40. The highest BCUT2D eigenvalue weighted by Gasteiger charge is 2.25. The van der Waals surface area contributed by atoms with Gasteiger partial charge in [-0.25, -0.2) is 4.39 Å². The maximum atomic E-state index is 13.8. The van der Waals surface area contributed by atoms with Gasteiger partial charge in [0.15, 0.2) is 0 Å². The van der Waals surface area contributed by atoms with Crippen LogP contribution >= 0.6 is 0 Å². The number of halogens is 2. The van der Waals surface area contributed by atoms with Crippen LogP contribution in [-0.4, -0.2) is 42.9 Å².